The maximum Gasteiger partial charge on any atom is 0.132 e. The summed E-state index contributed by atoms with van der Waals surface area (Å²) in [6.07, 6.45) is 5.31. The van der Waals surface area contributed by atoms with Gasteiger partial charge in [-0.15, -0.1) is 6.42 Å². The van der Waals surface area contributed by atoms with E-state index in [-0.39, 0.29) is 0 Å². The van der Waals surface area contributed by atoms with Crippen LogP contribution >= 0.6 is 0 Å². The maximum atomic E-state index is 6.07. The van der Waals surface area contributed by atoms with Crippen LogP contribution in [0.2, 0.25) is 0 Å². The average molecular weight is 241 g/mol. The Kier molecular flexibility index (Phi) is 3.24. The minimum absolute atomic E-state index is 0.431. The number of hydrogen-bond acceptors (Lipinski definition) is 3. The third-order valence-electron chi connectivity index (χ3n) is 2.81. The van der Waals surface area contributed by atoms with E-state index in [1.807, 2.05) is 35.8 Å². The molecule has 0 aliphatic carbocycles. The fourth-order valence-electron chi connectivity index (χ4n) is 1.83. The highest BCUT2D eigenvalue weighted by molar-refractivity contribution is 5.71. The monoisotopic (exact) mass is 241 g/mol. The van der Waals surface area contributed by atoms with Crippen LogP contribution in [0, 0.1) is 19.3 Å². The topological polar surface area (TPSA) is 53.1 Å². The first-order valence-corrected chi connectivity index (χ1v) is 5.58. The molecule has 1 heterocycles. The van der Waals surface area contributed by atoms with Crippen LogP contribution in [0.15, 0.2) is 24.3 Å². The standard InChI is InChI=1S/C14H15N3O/c1-4-9-17-10(2)16-13(14(17)15)11-5-7-12(18-3)8-6-11/h1,5-8H,9,15H2,2-3H3. The van der Waals surface area contributed by atoms with Crippen molar-refractivity contribution in [3.05, 3.63) is 30.1 Å². The number of nitrogen functional groups attached to an aromatic ring is 1. The Morgan fingerprint density at radius 2 is 2.06 bits per heavy atom. The van der Waals surface area contributed by atoms with Crippen LogP contribution in [0.5, 0.6) is 5.75 Å². The lowest BCUT2D eigenvalue weighted by molar-refractivity contribution is 0.415. The smallest absolute Gasteiger partial charge is 0.132 e. The molecule has 2 N–H and O–H groups in total. The largest absolute Gasteiger partial charge is 0.497 e. The molecule has 1 aromatic carbocycles. The molecule has 4 nitrogen and oxygen atoms in total. The lowest BCUT2D eigenvalue weighted by Gasteiger charge is -2.04. The highest BCUT2D eigenvalue weighted by Gasteiger charge is 2.12. The molecule has 2 rings (SSSR count). The maximum absolute atomic E-state index is 6.07. The summed E-state index contributed by atoms with van der Waals surface area (Å²) in [5, 5.41) is 0. The van der Waals surface area contributed by atoms with Gasteiger partial charge in [-0.3, -0.25) is 0 Å². The fourth-order valence-corrected chi connectivity index (χ4v) is 1.83. The van der Waals surface area contributed by atoms with Crippen molar-refractivity contribution in [2.75, 3.05) is 12.8 Å². The molecule has 0 amide bonds. The molecule has 1 aromatic heterocycles. The van der Waals surface area contributed by atoms with Crippen LogP contribution < -0.4 is 10.5 Å². The molecule has 0 unspecified atom stereocenters. The second-order valence-corrected chi connectivity index (χ2v) is 3.91. The van der Waals surface area contributed by atoms with Crippen molar-refractivity contribution in [1.82, 2.24) is 9.55 Å². The van der Waals surface area contributed by atoms with Crippen LogP contribution in [0.1, 0.15) is 5.82 Å². The first-order chi connectivity index (χ1) is 8.67. The Bertz CT molecular complexity index is 591. The van der Waals surface area contributed by atoms with Crippen molar-refractivity contribution in [3.8, 4) is 29.4 Å². The summed E-state index contributed by atoms with van der Waals surface area (Å²) in [4.78, 5) is 4.46. The van der Waals surface area contributed by atoms with Gasteiger partial charge in [0, 0.05) is 5.56 Å². The molecule has 18 heavy (non-hydrogen) atoms. The van der Waals surface area contributed by atoms with Crippen molar-refractivity contribution in [1.29, 1.82) is 0 Å². The quantitative estimate of drug-likeness (QED) is 0.837. The summed E-state index contributed by atoms with van der Waals surface area (Å²) in [7, 11) is 1.63. The number of hydrogen-bond donors (Lipinski definition) is 1. The predicted molar refractivity (Wildman–Crippen MR) is 72.2 cm³/mol. The number of anilines is 1. The summed E-state index contributed by atoms with van der Waals surface area (Å²) in [5.74, 6) is 4.78. The molecule has 4 heteroatoms. The second-order valence-electron chi connectivity index (χ2n) is 3.91. The van der Waals surface area contributed by atoms with Crippen LogP contribution in [0.4, 0.5) is 5.82 Å². The lowest BCUT2D eigenvalue weighted by atomic mass is 10.1. The first-order valence-electron chi connectivity index (χ1n) is 5.58. The highest BCUT2D eigenvalue weighted by atomic mass is 16.5. The van der Waals surface area contributed by atoms with Gasteiger partial charge in [-0.05, 0) is 31.2 Å². The van der Waals surface area contributed by atoms with Gasteiger partial charge in [-0.1, -0.05) is 5.92 Å². The van der Waals surface area contributed by atoms with Gasteiger partial charge in [0.2, 0.25) is 0 Å². The zero-order chi connectivity index (χ0) is 13.1. The second kappa shape index (κ2) is 4.84. The number of terminal acetylenes is 1. The van der Waals surface area contributed by atoms with Gasteiger partial charge >= 0.3 is 0 Å². The molecular formula is C14H15N3O. The molecule has 0 fully saturated rings. The third kappa shape index (κ3) is 2.03. The number of nitrogens with zero attached hydrogens (tertiary/aromatic N) is 2. The van der Waals surface area contributed by atoms with Gasteiger partial charge in [0.05, 0.1) is 13.7 Å². The number of ether oxygens (including phenoxy) is 1. The van der Waals surface area contributed by atoms with E-state index in [0.29, 0.717) is 12.4 Å². The summed E-state index contributed by atoms with van der Waals surface area (Å²) in [6.45, 7) is 2.32. The number of rotatable bonds is 3. The van der Waals surface area contributed by atoms with Crippen LogP contribution in [-0.4, -0.2) is 16.7 Å². The summed E-state index contributed by atoms with van der Waals surface area (Å²) in [5.41, 5.74) is 7.77. The molecule has 0 atom stereocenters. The van der Waals surface area contributed by atoms with E-state index >= 15 is 0 Å². The number of imidazole rings is 1. The van der Waals surface area contributed by atoms with Gasteiger partial charge in [0.15, 0.2) is 0 Å². The molecule has 92 valence electrons. The van der Waals surface area contributed by atoms with Crippen molar-refractivity contribution < 1.29 is 4.74 Å². The Hall–Kier alpha value is -2.41. The van der Waals surface area contributed by atoms with Gasteiger partial charge in [-0.2, -0.15) is 0 Å². The molecule has 0 aliphatic rings. The SMILES string of the molecule is C#CCn1c(C)nc(-c2ccc(OC)cc2)c1N. The zero-order valence-electron chi connectivity index (χ0n) is 10.5. The van der Waals surface area contributed by atoms with E-state index in [1.54, 1.807) is 7.11 Å². The minimum Gasteiger partial charge on any atom is -0.497 e. The normalized spacial score (nSPS) is 10.1. The van der Waals surface area contributed by atoms with Crippen molar-refractivity contribution in [2.24, 2.45) is 0 Å². The Balaban J connectivity index is 2.44. The van der Waals surface area contributed by atoms with E-state index < -0.39 is 0 Å². The van der Waals surface area contributed by atoms with Gasteiger partial charge in [0.1, 0.15) is 23.1 Å². The van der Waals surface area contributed by atoms with E-state index in [1.165, 1.54) is 0 Å². The van der Waals surface area contributed by atoms with E-state index in [9.17, 15) is 0 Å². The van der Waals surface area contributed by atoms with E-state index in [0.717, 1.165) is 22.8 Å². The van der Waals surface area contributed by atoms with Crippen LogP contribution in [0.25, 0.3) is 11.3 Å². The van der Waals surface area contributed by atoms with Gasteiger partial charge in [-0.25, -0.2) is 4.98 Å². The van der Waals surface area contributed by atoms with Crippen LogP contribution in [-0.2, 0) is 6.54 Å². The fraction of sp³-hybridized carbons (Fsp3) is 0.214. The van der Waals surface area contributed by atoms with Crippen molar-refractivity contribution in [2.45, 2.75) is 13.5 Å². The molecule has 0 radical (unpaired) electrons. The van der Waals surface area contributed by atoms with E-state index in [2.05, 4.69) is 10.9 Å². The molecule has 0 aliphatic heterocycles. The predicted octanol–water partition coefficient (Wildman–Crippen LogP) is 2.08. The molecule has 0 saturated carbocycles. The highest BCUT2D eigenvalue weighted by Crippen LogP contribution is 2.27. The van der Waals surface area contributed by atoms with Gasteiger partial charge in [0.25, 0.3) is 0 Å². The molecule has 0 spiro atoms. The summed E-state index contributed by atoms with van der Waals surface area (Å²) < 4.78 is 6.94. The Morgan fingerprint density at radius 3 is 2.61 bits per heavy atom. The zero-order valence-corrected chi connectivity index (χ0v) is 10.5. The average Bonchev–Trinajstić information content (AvgIpc) is 2.67. The third-order valence-corrected chi connectivity index (χ3v) is 2.81. The number of nitrogens with two attached hydrogens (primary N) is 1. The van der Waals surface area contributed by atoms with E-state index in [4.69, 9.17) is 16.9 Å². The number of aromatic nitrogens is 2. The molecule has 2 aromatic rings. The molecular weight excluding hydrogens is 226 g/mol. The Morgan fingerprint density at radius 1 is 1.39 bits per heavy atom. The molecule has 0 bridgehead atoms. The minimum atomic E-state index is 0.431. The summed E-state index contributed by atoms with van der Waals surface area (Å²) in [6, 6.07) is 7.61. The van der Waals surface area contributed by atoms with Gasteiger partial charge < -0.3 is 15.0 Å². The number of methoxy groups -OCH3 is 1. The Labute approximate surface area is 106 Å². The first kappa shape index (κ1) is 12.1. The molecule has 0 saturated heterocycles. The summed E-state index contributed by atoms with van der Waals surface area (Å²) >= 11 is 0. The lowest BCUT2D eigenvalue weighted by Crippen LogP contribution is -2.03. The number of aryl methyl sites for hydroxylation is 1. The van der Waals surface area contributed by atoms with Crippen molar-refractivity contribution in [3.63, 3.8) is 0 Å². The van der Waals surface area contributed by atoms with Crippen LogP contribution in [0.3, 0.4) is 0 Å². The van der Waals surface area contributed by atoms with Crippen molar-refractivity contribution >= 4 is 5.82 Å². The number of benzene rings is 1.